The van der Waals surface area contributed by atoms with Gasteiger partial charge in [-0.25, -0.2) is 8.42 Å². The normalized spacial score (nSPS) is 16.9. The molecule has 0 saturated carbocycles. The molecule has 0 aliphatic carbocycles. The summed E-state index contributed by atoms with van der Waals surface area (Å²) < 4.78 is 81.6. The molecule has 4 rings (SSSR count). The molecule has 2 aromatic carbocycles. The molecule has 38 heavy (non-hydrogen) atoms. The van der Waals surface area contributed by atoms with Gasteiger partial charge in [-0.2, -0.15) is 13.2 Å². The minimum atomic E-state index is -4.64. The van der Waals surface area contributed by atoms with E-state index in [9.17, 15) is 31.2 Å². The summed E-state index contributed by atoms with van der Waals surface area (Å²) in [7, 11) is -3.76. The Morgan fingerprint density at radius 1 is 1.24 bits per heavy atom. The number of hydrogen-bond donors (Lipinski definition) is 1. The number of para-hydroxylation sites is 1. The van der Waals surface area contributed by atoms with Crippen molar-refractivity contribution in [1.29, 1.82) is 0 Å². The van der Waals surface area contributed by atoms with E-state index < -0.39 is 39.2 Å². The molecule has 1 aromatic heterocycles. The number of morpholine rings is 1. The van der Waals surface area contributed by atoms with Gasteiger partial charge in [0, 0.05) is 25.7 Å². The summed E-state index contributed by atoms with van der Waals surface area (Å²) in [6.07, 6.45) is -4.84. The van der Waals surface area contributed by atoms with E-state index in [1.165, 1.54) is 12.1 Å². The number of alkyl halides is 3. The fourth-order valence-electron chi connectivity index (χ4n) is 3.89. The van der Waals surface area contributed by atoms with Gasteiger partial charge in [-0.15, -0.1) is 0 Å². The van der Waals surface area contributed by atoms with Crippen molar-refractivity contribution < 1.29 is 40.3 Å². The molecule has 2 heterocycles. The van der Waals surface area contributed by atoms with Crippen molar-refractivity contribution in [3.63, 3.8) is 0 Å². The van der Waals surface area contributed by atoms with Gasteiger partial charge in [0.15, 0.2) is 11.0 Å². The van der Waals surface area contributed by atoms with Crippen LogP contribution in [0.25, 0.3) is 22.3 Å². The van der Waals surface area contributed by atoms with E-state index in [2.05, 4.69) is 0 Å². The van der Waals surface area contributed by atoms with Crippen molar-refractivity contribution in [2.45, 2.75) is 12.3 Å². The fraction of sp³-hybridized carbons (Fsp3) is 0.333. The van der Waals surface area contributed by atoms with Gasteiger partial charge in [0.1, 0.15) is 24.2 Å². The van der Waals surface area contributed by atoms with Gasteiger partial charge in [-0.1, -0.05) is 17.7 Å². The van der Waals surface area contributed by atoms with E-state index in [0.29, 0.717) is 6.54 Å². The zero-order valence-electron chi connectivity index (χ0n) is 19.9. The van der Waals surface area contributed by atoms with E-state index >= 15 is 0 Å². The first-order valence-corrected chi connectivity index (χ1v) is 13.5. The summed E-state index contributed by atoms with van der Waals surface area (Å²) in [5, 5.41) is 0.384. The lowest BCUT2D eigenvalue weighted by atomic mass is 10.1. The molecule has 1 saturated heterocycles. The molecular weight excluding hydrogens is 553 g/mol. The van der Waals surface area contributed by atoms with E-state index in [1.807, 2.05) is 4.72 Å². The first-order chi connectivity index (χ1) is 17.8. The van der Waals surface area contributed by atoms with Crippen molar-refractivity contribution in [3.8, 4) is 17.1 Å². The maximum Gasteiger partial charge on any atom is 0.416 e. The predicted molar refractivity (Wildman–Crippen MR) is 133 cm³/mol. The van der Waals surface area contributed by atoms with Crippen LogP contribution in [0.4, 0.5) is 13.2 Å². The van der Waals surface area contributed by atoms with Gasteiger partial charge in [0.2, 0.25) is 10.0 Å². The largest absolute Gasteiger partial charge is 0.491 e. The second-order valence-electron chi connectivity index (χ2n) is 8.55. The number of amides is 1. The Labute approximate surface area is 220 Å². The summed E-state index contributed by atoms with van der Waals surface area (Å²) in [6.45, 7) is 0.680. The van der Waals surface area contributed by atoms with Crippen molar-refractivity contribution >= 4 is 38.5 Å². The van der Waals surface area contributed by atoms with Crippen molar-refractivity contribution in [2.75, 3.05) is 39.1 Å². The third kappa shape index (κ3) is 6.65. The maximum absolute atomic E-state index is 13.4. The van der Waals surface area contributed by atoms with Crippen LogP contribution in [0.15, 0.2) is 51.7 Å². The van der Waals surface area contributed by atoms with Crippen molar-refractivity contribution in [1.82, 2.24) is 9.62 Å². The molecule has 0 radical (unpaired) electrons. The first-order valence-electron chi connectivity index (χ1n) is 11.2. The molecule has 1 amide bonds. The molecule has 0 bridgehead atoms. The Morgan fingerprint density at radius 3 is 2.71 bits per heavy atom. The van der Waals surface area contributed by atoms with Gasteiger partial charge >= 0.3 is 6.18 Å². The van der Waals surface area contributed by atoms with E-state index in [-0.39, 0.29) is 59.4 Å². The first kappa shape index (κ1) is 27.9. The number of carbonyl (C=O) groups excluding carboxylic acids is 1. The molecule has 204 valence electrons. The third-order valence-electron chi connectivity index (χ3n) is 5.68. The number of nitrogens with one attached hydrogen (secondary N) is 1. The fourth-order valence-corrected chi connectivity index (χ4v) is 4.60. The quantitative estimate of drug-likeness (QED) is 0.457. The topological polar surface area (TPSA) is 115 Å². The maximum atomic E-state index is 13.4. The van der Waals surface area contributed by atoms with Crippen LogP contribution >= 0.6 is 11.6 Å². The monoisotopic (exact) mass is 574 g/mol. The lowest BCUT2D eigenvalue weighted by Crippen LogP contribution is -2.51. The number of ether oxygens (including phenoxy) is 2. The Morgan fingerprint density at radius 2 is 2.00 bits per heavy atom. The van der Waals surface area contributed by atoms with Gasteiger partial charge in [-0.05, 0) is 30.3 Å². The number of sulfonamides is 1. The highest BCUT2D eigenvalue weighted by Crippen LogP contribution is 2.38. The molecule has 1 fully saturated rings. The van der Waals surface area contributed by atoms with Gasteiger partial charge in [0.25, 0.3) is 5.91 Å². The molecule has 1 unspecified atom stereocenters. The van der Waals surface area contributed by atoms with Crippen molar-refractivity contribution in [2.24, 2.45) is 0 Å². The molecule has 1 aliphatic heterocycles. The molecule has 14 heteroatoms. The lowest BCUT2D eigenvalue weighted by molar-refractivity contribution is -0.137. The number of fused-ring (bicyclic) bond motifs is 1. The van der Waals surface area contributed by atoms with Gasteiger partial charge in [-0.3, -0.25) is 19.2 Å². The minimum absolute atomic E-state index is 0.0248. The Hall–Kier alpha value is -3.13. The van der Waals surface area contributed by atoms with Crippen LogP contribution in [-0.4, -0.2) is 64.4 Å². The zero-order valence-corrected chi connectivity index (χ0v) is 21.5. The Kier molecular flexibility index (Phi) is 8.02. The molecule has 9 nitrogen and oxygen atoms in total. The lowest BCUT2D eigenvalue weighted by Gasteiger charge is -2.31. The molecule has 1 aliphatic rings. The van der Waals surface area contributed by atoms with Crippen LogP contribution in [-0.2, 0) is 25.7 Å². The summed E-state index contributed by atoms with van der Waals surface area (Å²) in [5.41, 5.74) is -1.18. The number of carbonyl (C=O) groups is 1. The van der Waals surface area contributed by atoms with Crippen molar-refractivity contribution in [3.05, 3.63) is 63.3 Å². The van der Waals surface area contributed by atoms with Crippen LogP contribution < -0.4 is 14.9 Å². The number of hydrogen-bond acceptors (Lipinski definition) is 8. The molecular formula is C24H22ClF3N2O7S. The minimum Gasteiger partial charge on any atom is -0.491 e. The van der Waals surface area contributed by atoms with Crippen LogP contribution in [0.1, 0.15) is 5.56 Å². The smallest absolute Gasteiger partial charge is 0.416 e. The number of rotatable bonds is 7. The third-order valence-corrected chi connectivity index (χ3v) is 6.54. The zero-order chi connectivity index (χ0) is 27.7. The second kappa shape index (κ2) is 10.9. The summed E-state index contributed by atoms with van der Waals surface area (Å²) in [4.78, 5) is 26.5. The number of halogens is 4. The summed E-state index contributed by atoms with van der Waals surface area (Å²) >= 11 is 6.16. The van der Waals surface area contributed by atoms with Crippen LogP contribution in [0.2, 0.25) is 5.02 Å². The average Bonchev–Trinajstić information content (AvgIpc) is 2.83. The average molecular weight is 575 g/mol. The predicted octanol–water partition coefficient (Wildman–Crippen LogP) is 3.29. The van der Waals surface area contributed by atoms with Crippen LogP contribution in [0, 0.1) is 0 Å². The number of benzene rings is 2. The Bertz CT molecular complexity index is 1530. The molecule has 1 N–H and O–H groups in total. The molecule has 1 atom stereocenters. The SMILES string of the molecule is CS(=O)(=O)NC(=O)C1CN(CCOc2cc(C(F)(F)F)ccc2-c2cc(=O)c3cccc(Cl)c3o2)CCO1. The van der Waals surface area contributed by atoms with E-state index in [4.69, 9.17) is 25.5 Å². The van der Waals surface area contributed by atoms with Crippen LogP contribution in [0.3, 0.4) is 0 Å². The van der Waals surface area contributed by atoms with Crippen LogP contribution in [0.5, 0.6) is 5.75 Å². The van der Waals surface area contributed by atoms with E-state index in [1.54, 1.807) is 11.0 Å². The van der Waals surface area contributed by atoms with Gasteiger partial charge < -0.3 is 13.9 Å². The highest BCUT2D eigenvalue weighted by atomic mass is 35.5. The molecule has 3 aromatic rings. The summed E-state index contributed by atoms with van der Waals surface area (Å²) in [5.74, 6) is -1.01. The Balaban J connectivity index is 1.56. The van der Waals surface area contributed by atoms with Gasteiger partial charge in [0.05, 0.1) is 34.4 Å². The molecule has 0 spiro atoms. The highest BCUT2D eigenvalue weighted by Gasteiger charge is 2.32. The standard InChI is InChI=1S/C24H22ClF3N2O7S/c1-38(33,34)29-23(32)21-13-30(8-10-36-21)7-9-35-19-11-14(24(26,27)28)5-6-16(19)20-12-18(31)15-3-2-4-17(25)22(15)37-20/h2-6,11-12,21H,7-10,13H2,1H3,(H,29,32). The summed E-state index contributed by atoms with van der Waals surface area (Å²) in [6, 6.07) is 8.59. The van der Waals surface area contributed by atoms with E-state index in [0.717, 1.165) is 30.5 Å². The highest BCUT2D eigenvalue weighted by molar-refractivity contribution is 7.89. The number of nitrogens with zero attached hydrogens (tertiary/aromatic N) is 1. The second-order valence-corrected chi connectivity index (χ2v) is 10.7.